The van der Waals surface area contributed by atoms with E-state index in [-0.39, 0.29) is 0 Å². The third-order valence-corrected chi connectivity index (χ3v) is 5.20. The van der Waals surface area contributed by atoms with Crippen molar-refractivity contribution >= 4 is 5.82 Å². The van der Waals surface area contributed by atoms with Crippen LogP contribution in [-0.2, 0) is 17.6 Å². The van der Waals surface area contributed by atoms with Crippen LogP contribution in [0.2, 0.25) is 0 Å². The minimum atomic E-state index is 0.702. The molecule has 0 unspecified atom stereocenters. The summed E-state index contributed by atoms with van der Waals surface area (Å²) in [5.74, 6) is 1.94. The Morgan fingerprint density at radius 2 is 1.73 bits per heavy atom. The minimum Gasteiger partial charge on any atom is -0.378 e. The molecule has 3 heterocycles. The van der Waals surface area contributed by atoms with Gasteiger partial charge in [0.25, 0.3) is 0 Å². The van der Waals surface area contributed by atoms with E-state index >= 15 is 0 Å². The van der Waals surface area contributed by atoms with Gasteiger partial charge in [-0.25, -0.2) is 9.97 Å². The highest BCUT2D eigenvalue weighted by Gasteiger charge is 2.24. The number of anilines is 1. The first-order valence-electron chi connectivity index (χ1n) is 9.55. The normalized spacial score (nSPS) is 18.4. The summed E-state index contributed by atoms with van der Waals surface area (Å²) in [6.07, 6.45) is 1.94. The highest BCUT2D eigenvalue weighted by molar-refractivity contribution is 5.61. The first-order valence-corrected chi connectivity index (χ1v) is 9.55. The molecule has 0 aliphatic carbocycles. The van der Waals surface area contributed by atoms with Crippen molar-refractivity contribution in [2.45, 2.75) is 12.8 Å². The number of hydrogen-bond acceptors (Lipinski definition) is 6. The van der Waals surface area contributed by atoms with Gasteiger partial charge in [0.05, 0.1) is 18.9 Å². The van der Waals surface area contributed by atoms with Crippen molar-refractivity contribution < 1.29 is 4.74 Å². The van der Waals surface area contributed by atoms with E-state index in [1.165, 1.54) is 11.3 Å². The zero-order valence-corrected chi connectivity index (χ0v) is 15.2. The molecule has 0 spiro atoms. The van der Waals surface area contributed by atoms with Gasteiger partial charge in [-0.3, -0.25) is 0 Å². The summed E-state index contributed by atoms with van der Waals surface area (Å²) in [5, 5.41) is 0. The first kappa shape index (κ1) is 17.4. The van der Waals surface area contributed by atoms with E-state index < -0.39 is 0 Å². The van der Waals surface area contributed by atoms with Gasteiger partial charge in [0, 0.05) is 56.8 Å². The topological polar surface area (TPSA) is 67.5 Å². The largest absolute Gasteiger partial charge is 0.378 e. The maximum atomic E-state index is 5.77. The van der Waals surface area contributed by atoms with Crippen molar-refractivity contribution in [2.24, 2.45) is 5.73 Å². The molecule has 0 saturated carbocycles. The van der Waals surface area contributed by atoms with Crippen LogP contribution in [0.25, 0.3) is 11.4 Å². The van der Waals surface area contributed by atoms with Crippen LogP contribution in [0.15, 0.2) is 30.3 Å². The Morgan fingerprint density at radius 3 is 2.50 bits per heavy atom. The molecule has 1 aromatic carbocycles. The first-order chi connectivity index (χ1) is 12.8. The van der Waals surface area contributed by atoms with Gasteiger partial charge >= 0.3 is 0 Å². The summed E-state index contributed by atoms with van der Waals surface area (Å²) < 4.78 is 5.55. The van der Waals surface area contributed by atoms with Crippen molar-refractivity contribution in [2.75, 3.05) is 57.4 Å². The molecule has 2 aliphatic heterocycles. The quantitative estimate of drug-likeness (QED) is 0.895. The second-order valence-electron chi connectivity index (χ2n) is 6.89. The third kappa shape index (κ3) is 3.72. The molecule has 0 amide bonds. The van der Waals surface area contributed by atoms with Gasteiger partial charge in [-0.2, -0.15) is 0 Å². The van der Waals surface area contributed by atoms with Crippen LogP contribution in [0.3, 0.4) is 0 Å². The van der Waals surface area contributed by atoms with Gasteiger partial charge in [0.2, 0.25) is 0 Å². The van der Waals surface area contributed by atoms with Crippen LogP contribution in [0.4, 0.5) is 5.82 Å². The minimum absolute atomic E-state index is 0.702. The molecule has 4 rings (SSSR count). The molecular formula is C20H27N5O. The lowest BCUT2D eigenvalue weighted by molar-refractivity contribution is 0.122. The predicted octanol–water partition coefficient (Wildman–Crippen LogP) is 1.34. The van der Waals surface area contributed by atoms with Crippen LogP contribution < -0.4 is 10.6 Å². The van der Waals surface area contributed by atoms with Crippen molar-refractivity contribution in [3.8, 4) is 11.4 Å². The number of nitrogens with zero attached hydrogens (tertiary/aromatic N) is 4. The van der Waals surface area contributed by atoms with E-state index in [1.54, 1.807) is 0 Å². The SMILES string of the molecule is NCCN1CCc2nc(-c3ccccc3)nc(N3CCOCC3)c2CC1. The fourth-order valence-electron chi connectivity index (χ4n) is 3.79. The molecular weight excluding hydrogens is 326 g/mol. The van der Waals surface area contributed by atoms with E-state index in [0.717, 1.165) is 76.0 Å². The lowest BCUT2D eigenvalue weighted by Gasteiger charge is -2.30. The summed E-state index contributed by atoms with van der Waals surface area (Å²) in [5.41, 5.74) is 9.35. The van der Waals surface area contributed by atoms with Crippen LogP contribution in [0, 0.1) is 0 Å². The molecule has 0 bridgehead atoms. The Kier molecular flexibility index (Phi) is 5.43. The Balaban J connectivity index is 1.73. The summed E-state index contributed by atoms with van der Waals surface area (Å²) in [6, 6.07) is 10.3. The number of hydrogen-bond donors (Lipinski definition) is 1. The van der Waals surface area contributed by atoms with Crippen LogP contribution >= 0.6 is 0 Å². The van der Waals surface area contributed by atoms with Gasteiger partial charge in [-0.05, 0) is 6.42 Å². The van der Waals surface area contributed by atoms with Gasteiger partial charge in [-0.15, -0.1) is 0 Å². The Labute approximate surface area is 155 Å². The monoisotopic (exact) mass is 353 g/mol. The number of benzene rings is 1. The van der Waals surface area contributed by atoms with Crippen molar-refractivity contribution in [1.82, 2.24) is 14.9 Å². The van der Waals surface area contributed by atoms with Crippen molar-refractivity contribution in [1.29, 1.82) is 0 Å². The molecule has 6 heteroatoms. The molecule has 26 heavy (non-hydrogen) atoms. The van der Waals surface area contributed by atoms with Gasteiger partial charge < -0.3 is 20.3 Å². The van der Waals surface area contributed by atoms with Gasteiger partial charge in [0.1, 0.15) is 5.82 Å². The van der Waals surface area contributed by atoms with Crippen LogP contribution in [0.1, 0.15) is 11.3 Å². The second kappa shape index (κ2) is 8.12. The third-order valence-electron chi connectivity index (χ3n) is 5.20. The fourth-order valence-corrected chi connectivity index (χ4v) is 3.79. The summed E-state index contributed by atoms with van der Waals surface area (Å²) in [7, 11) is 0. The van der Waals surface area contributed by atoms with Crippen LogP contribution in [-0.4, -0.2) is 67.4 Å². The van der Waals surface area contributed by atoms with E-state index in [1.807, 2.05) is 18.2 Å². The highest BCUT2D eigenvalue weighted by atomic mass is 16.5. The molecule has 2 N–H and O–H groups in total. The number of fused-ring (bicyclic) bond motifs is 1. The Bertz CT molecular complexity index is 730. The molecule has 0 radical (unpaired) electrons. The molecule has 138 valence electrons. The molecule has 2 aromatic rings. The number of ether oxygens (including phenoxy) is 1. The number of morpholine rings is 1. The zero-order valence-electron chi connectivity index (χ0n) is 15.2. The lowest BCUT2D eigenvalue weighted by Crippen LogP contribution is -2.38. The molecule has 1 aromatic heterocycles. The molecule has 1 saturated heterocycles. The van der Waals surface area contributed by atoms with Gasteiger partial charge in [-0.1, -0.05) is 30.3 Å². The molecule has 1 fully saturated rings. The van der Waals surface area contributed by atoms with E-state index in [2.05, 4.69) is 21.9 Å². The Morgan fingerprint density at radius 1 is 0.962 bits per heavy atom. The maximum Gasteiger partial charge on any atom is 0.161 e. The number of rotatable bonds is 4. The molecule has 0 atom stereocenters. The smallest absolute Gasteiger partial charge is 0.161 e. The number of nitrogens with two attached hydrogens (primary N) is 1. The highest BCUT2D eigenvalue weighted by Crippen LogP contribution is 2.28. The van der Waals surface area contributed by atoms with Crippen molar-refractivity contribution in [3.63, 3.8) is 0 Å². The van der Waals surface area contributed by atoms with E-state index in [9.17, 15) is 0 Å². The lowest BCUT2D eigenvalue weighted by atomic mass is 10.1. The summed E-state index contributed by atoms with van der Waals surface area (Å²) >= 11 is 0. The van der Waals surface area contributed by atoms with E-state index in [0.29, 0.717) is 6.54 Å². The van der Waals surface area contributed by atoms with Crippen molar-refractivity contribution in [3.05, 3.63) is 41.6 Å². The fraction of sp³-hybridized carbons (Fsp3) is 0.500. The molecule has 2 aliphatic rings. The zero-order chi connectivity index (χ0) is 17.8. The predicted molar refractivity (Wildman–Crippen MR) is 103 cm³/mol. The molecule has 6 nitrogen and oxygen atoms in total. The summed E-state index contributed by atoms with van der Waals surface area (Å²) in [6.45, 7) is 6.99. The van der Waals surface area contributed by atoms with Gasteiger partial charge in [0.15, 0.2) is 5.82 Å². The average Bonchev–Trinajstić information content (AvgIpc) is 2.91. The van der Waals surface area contributed by atoms with Crippen LogP contribution in [0.5, 0.6) is 0 Å². The maximum absolute atomic E-state index is 5.77. The second-order valence-corrected chi connectivity index (χ2v) is 6.89. The van der Waals surface area contributed by atoms with E-state index in [4.69, 9.17) is 20.4 Å². The standard InChI is InChI=1S/C20H27N5O/c21-8-11-24-9-6-17-18(7-10-24)22-19(16-4-2-1-3-5-16)23-20(17)25-12-14-26-15-13-25/h1-5H,6-15,21H2. The summed E-state index contributed by atoms with van der Waals surface area (Å²) in [4.78, 5) is 14.8. The average molecular weight is 353 g/mol. The Hall–Kier alpha value is -2.02. The number of aromatic nitrogens is 2.